The molecular formula is C21H19FINO5S. The smallest absolute Gasteiger partial charge is 0.293 e. The van der Waals surface area contributed by atoms with Crippen molar-refractivity contribution in [2.75, 3.05) is 27.4 Å². The first-order chi connectivity index (χ1) is 14.4. The van der Waals surface area contributed by atoms with Crippen LogP contribution in [0.4, 0.5) is 9.18 Å². The van der Waals surface area contributed by atoms with Crippen molar-refractivity contribution in [3.8, 4) is 11.5 Å². The number of hydrogen-bond donors (Lipinski definition) is 0. The van der Waals surface area contributed by atoms with Crippen LogP contribution in [-0.4, -0.2) is 43.4 Å². The Bertz CT molecular complexity index is 980. The van der Waals surface area contributed by atoms with Crippen LogP contribution in [0.5, 0.6) is 11.5 Å². The van der Waals surface area contributed by atoms with Crippen LogP contribution < -0.4 is 9.47 Å². The summed E-state index contributed by atoms with van der Waals surface area (Å²) in [5, 5.41) is -0.316. The second-order valence-electron chi connectivity index (χ2n) is 6.28. The van der Waals surface area contributed by atoms with Gasteiger partial charge in [-0.2, -0.15) is 0 Å². The predicted molar refractivity (Wildman–Crippen MR) is 121 cm³/mol. The Kier molecular flexibility index (Phi) is 7.73. The summed E-state index contributed by atoms with van der Waals surface area (Å²) in [7, 11) is 3.04. The average Bonchev–Trinajstić information content (AvgIpc) is 2.99. The molecule has 1 fully saturated rings. The SMILES string of the molecule is COCCN1C(=O)S/C(=C/c2cc(I)c(OCc3ccc(F)cc3)c(OC)c2)C1=O. The number of imide groups is 1. The summed E-state index contributed by atoms with van der Waals surface area (Å²) in [5.41, 5.74) is 1.53. The van der Waals surface area contributed by atoms with E-state index in [-0.39, 0.29) is 36.7 Å². The van der Waals surface area contributed by atoms with Crippen molar-refractivity contribution in [1.29, 1.82) is 0 Å². The first kappa shape index (κ1) is 22.6. The average molecular weight is 543 g/mol. The Morgan fingerprint density at radius 2 is 1.90 bits per heavy atom. The zero-order valence-corrected chi connectivity index (χ0v) is 19.3. The van der Waals surface area contributed by atoms with Crippen LogP contribution in [0, 0.1) is 9.39 Å². The predicted octanol–water partition coefficient (Wildman–Crippen LogP) is 4.70. The number of hydrogen-bond acceptors (Lipinski definition) is 6. The van der Waals surface area contributed by atoms with Crippen molar-refractivity contribution < 1.29 is 28.2 Å². The first-order valence-electron chi connectivity index (χ1n) is 8.92. The lowest BCUT2D eigenvalue weighted by molar-refractivity contribution is -0.123. The second kappa shape index (κ2) is 10.3. The number of ether oxygens (including phenoxy) is 3. The molecule has 2 aromatic rings. The first-order valence-corrected chi connectivity index (χ1v) is 10.8. The minimum absolute atomic E-state index is 0.218. The van der Waals surface area contributed by atoms with E-state index in [1.54, 1.807) is 24.3 Å². The Hall–Kier alpha value is -2.11. The molecule has 0 N–H and O–H groups in total. The number of thioether (sulfide) groups is 1. The molecule has 0 unspecified atom stereocenters. The van der Waals surface area contributed by atoms with E-state index in [1.165, 1.54) is 31.3 Å². The van der Waals surface area contributed by atoms with Crippen LogP contribution in [0.15, 0.2) is 41.3 Å². The summed E-state index contributed by atoms with van der Waals surface area (Å²) >= 11 is 3.02. The summed E-state index contributed by atoms with van der Waals surface area (Å²) in [6.07, 6.45) is 1.66. The summed E-state index contributed by atoms with van der Waals surface area (Å²) in [5.74, 6) is 0.399. The topological polar surface area (TPSA) is 65.1 Å². The fourth-order valence-corrected chi connectivity index (χ4v) is 4.37. The Labute approximate surface area is 191 Å². The van der Waals surface area contributed by atoms with Gasteiger partial charge in [-0.15, -0.1) is 0 Å². The monoisotopic (exact) mass is 543 g/mol. The van der Waals surface area contributed by atoms with E-state index in [4.69, 9.17) is 14.2 Å². The van der Waals surface area contributed by atoms with Gasteiger partial charge in [0.1, 0.15) is 12.4 Å². The van der Waals surface area contributed by atoms with Crippen LogP contribution in [0.3, 0.4) is 0 Å². The molecule has 3 rings (SSSR count). The Morgan fingerprint density at radius 3 is 2.57 bits per heavy atom. The molecule has 1 aliphatic rings. The molecular weight excluding hydrogens is 524 g/mol. The van der Waals surface area contributed by atoms with Gasteiger partial charge in [0.2, 0.25) is 0 Å². The van der Waals surface area contributed by atoms with Gasteiger partial charge in [0, 0.05) is 7.11 Å². The van der Waals surface area contributed by atoms with E-state index >= 15 is 0 Å². The van der Waals surface area contributed by atoms with Crippen LogP contribution in [0.2, 0.25) is 0 Å². The zero-order chi connectivity index (χ0) is 21.7. The maximum atomic E-state index is 13.1. The number of halogens is 2. The molecule has 0 saturated carbocycles. The highest BCUT2D eigenvalue weighted by molar-refractivity contribution is 14.1. The van der Waals surface area contributed by atoms with Gasteiger partial charge in [-0.3, -0.25) is 14.5 Å². The van der Waals surface area contributed by atoms with Crippen molar-refractivity contribution in [1.82, 2.24) is 4.90 Å². The van der Waals surface area contributed by atoms with Gasteiger partial charge < -0.3 is 14.2 Å². The van der Waals surface area contributed by atoms with Crippen LogP contribution >= 0.6 is 34.4 Å². The normalized spacial score (nSPS) is 15.2. The molecule has 2 amide bonds. The van der Waals surface area contributed by atoms with Crippen molar-refractivity contribution in [2.45, 2.75) is 6.61 Å². The van der Waals surface area contributed by atoms with Gasteiger partial charge in [-0.25, -0.2) is 4.39 Å². The third kappa shape index (κ3) is 5.32. The molecule has 158 valence electrons. The molecule has 1 heterocycles. The molecule has 0 aromatic heterocycles. The van der Waals surface area contributed by atoms with Crippen molar-refractivity contribution >= 4 is 51.6 Å². The zero-order valence-electron chi connectivity index (χ0n) is 16.3. The lowest BCUT2D eigenvalue weighted by Crippen LogP contribution is -2.31. The highest BCUT2D eigenvalue weighted by Gasteiger charge is 2.34. The summed E-state index contributed by atoms with van der Waals surface area (Å²) in [6.45, 7) is 0.761. The highest BCUT2D eigenvalue weighted by atomic mass is 127. The van der Waals surface area contributed by atoms with Crippen molar-refractivity contribution in [3.63, 3.8) is 0 Å². The fourth-order valence-electron chi connectivity index (χ4n) is 2.73. The van der Waals surface area contributed by atoms with Gasteiger partial charge in [-0.1, -0.05) is 12.1 Å². The van der Waals surface area contributed by atoms with Gasteiger partial charge in [0.15, 0.2) is 11.5 Å². The van der Waals surface area contributed by atoms with E-state index in [0.717, 1.165) is 20.9 Å². The highest BCUT2D eigenvalue weighted by Crippen LogP contribution is 2.37. The van der Waals surface area contributed by atoms with Crippen molar-refractivity contribution in [2.24, 2.45) is 0 Å². The second-order valence-corrected chi connectivity index (χ2v) is 8.43. The lowest BCUT2D eigenvalue weighted by Gasteiger charge is -2.14. The van der Waals surface area contributed by atoms with Gasteiger partial charge >= 0.3 is 0 Å². The summed E-state index contributed by atoms with van der Waals surface area (Å²) < 4.78 is 30.1. The number of carbonyl (C=O) groups is 2. The number of nitrogens with zero attached hydrogens (tertiary/aromatic N) is 1. The number of rotatable bonds is 8. The van der Waals surface area contributed by atoms with Crippen LogP contribution in [0.25, 0.3) is 6.08 Å². The minimum Gasteiger partial charge on any atom is -0.493 e. The van der Waals surface area contributed by atoms with E-state index in [0.29, 0.717) is 22.0 Å². The molecule has 30 heavy (non-hydrogen) atoms. The number of benzene rings is 2. The summed E-state index contributed by atoms with van der Waals surface area (Å²) in [6, 6.07) is 9.65. The number of amides is 2. The molecule has 1 saturated heterocycles. The maximum Gasteiger partial charge on any atom is 0.293 e. The largest absolute Gasteiger partial charge is 0.493 e. The summed E-state index contributed by atoms with van der Waals surface area (Å²) in [4.78, 5) is 26.1. The molecule has 6 nitrogen and oxygen atoms in total. The molecule has 0 spiro atoms. The standard InChI is InChI=1S/C21H19FINO5S/c1-27-8-7-24-20(25)18(30-21(24)26)11-14-9-16(23)19(17(10-14)28-2)29-12-13-3-5-15(22)6-4-13/h3-6,9-11H,7-8,12H2,1-2H3/b18-11+. The van der Waals surface area contributed by atoms with E-state index in [2.05, 4.69) is 22.6 Å². The van der Waals surface area contributed by atoms with Gasteiger partial charge in [0.05, 0.1) is 28.7 Å². The van der Waals surface area contributed by atoms with Crippen LogP contribution in [0.1, 0.15) is 11.1 Å². The van der Waals surface area contributed by atoms with Crippen molar-refractivity contribution in [3.05, 3.63) is 61.8 Å². The molecule has 9 heteroatoms. The number of methoxy groups -OCH3 is 2. The maximum absolute atomic E-state index is 13.1. The fraction of sp³-hybridized carbons (Fsp3) is 0.238. The molecule has 0 aliphatic carbocycles. The lowest BCUT2D eigenvalue weighted by atomic mass is 10.1. The van der Waals surface area contributed by atoms with Gasteiger partial charge in [-0.05, 0) is 75.8 Å². The van der Waals surface area contributed by atoms with Gasteiger partial charge in [0.25, 0.3) is 11.1 Å². The third-order valence-electron chi connectivity index (χ3n) is 4.24. The molecule has 1 aliphatic heterocycles. The Morgan fingerprint density at radius 1 is 1.17 bits per heavy atom. The number of carbonyl (C=O) groups excluding carboxylic acids is 2. The van der Waals surface area contributed by atoms with E-state index in [1.807, 2.05) is 6.07 Å². The molecule has 0 atom stereocenters. The molecule has 0 radical (unpaired) electrons. The van der Waals surface area contributed by atoms with E-state index < -0.39 is 0 Å². The molecule has 0 bridgehead atoms. The van der Waals surface area contributed by atoms with E-state index in [9.17, 15) is 14.0 Å². The quantitative estimate of drug-likeness (QED) is 0.356. The minimum atomic E-state index is -0.340. The van der Waals surface area contributed by atoms with Crippen LogP contribution in [-0.2, 0) is 16.1 Å². The molecule has 2 aromatic carbocycles. The third-order valence-corrected chi connectivity index (χ3v) is 5.95. The Balaban J connectivity index is 1.79.